The Morgan fingerprint density at radius 1 is 1.15 bits per heavy atom. The van der Waals surface area contributed by atoms with Crippen LogP contribution in [0, 0.1) is 6.92 Å². The number of hydrogen-bond donors (Lipinski definition) is 1. The van der Waals surface area contributed by atoms with Crippen LogP contribution in [0.5, 0.6) is 5.75 Å². The summed E-state index contributed by atoms with van der Waals surface area (Å²) >= 11 is 0. The van der Waals surface area contributed by atoms with Crippen molar-refractivity contribution >= 4 is 5.97 Å². The van der Waals surface area contributed by atoms with Gasteiger partial charge in [0.05, 0.1) is 0 Å². The minimum atomic E-state index is -0.791. The summed E-state index contributed by atoms with van der Waals surface area (Å²) in [6, 6.07) is 15.8. The summed E-state index contributed by atoms with van der Waals surface area (Å²) in [6.45, 7) is 2.48. The lowest BCUT2D eigenvalue weighted by molar-refractivity contribution is -0.136. The summed E-state index contributed by atoms with van der Waals surface area (Å²) in [5.41, 5.74) is 3.15. The van der Waals surface area contributed by atoms with E-state index in [9.17, 15) is 4.79 Å². The van der Waals surface area contributed by atoms with E-state index in [0.29, 0.717) is 13.0 Å². The van der Waals surface area contributed by atoms with E-state index in [-0.39, 0.29) is 6.42 Å². The molecule has 0 amide bonds. The van der Waals surface area contributed by atoms with Gasteiger partial charge >= 0.3 is 5.97 Å². The molecule has 0 saturated carbocycles. The Hall–Kier alpha value is -2.29. The summed E-state index contributed by atoms with van der Waals surface area (Å²) in [5.74, 6) is -0.0266. The molecular formula is C17H18O3. The van der Waals surface area contributed by atoms with Crippen LogP contribution in [0.15, 0.2) is 48.5 Å². The number of hydrogen-bond acceptors (Lipinski definition) is 2. The highest BCUT2D eigenvalue weighted by molar-refractivity contribution is 5.67. The van der Waals surface area contributed by atoms with Gasteiger partial charge < -0.3 is 9.84 Å². The summed E-state index contributed by atoms with van der Waals surface area (Å²) in [7, 11) is 0. The normalized spacial score (nSPS) is 10.2. The van der Waals surface area contributed by atoms with Gasteiger partial charge in [-0.15, -0.1) is 0 Å². The molecule has 3 nitrogen and oxygen atoms in total. The molecule has 0 aliphatic rings. The third-order valence-corrected chi connectivity index (χ3v) is 3.06. The quantitative estimate of drug-likeness (QED) is 0.872. The van der Waals surface area contributed by atoms with Gasteiger partial charge in [0.25, 0.3) is 0 Å². The van der Waals surface area contributed by atoms with Gasteiger partial charge in [-0.05, 0) is 30.5 Å². The second kappa shape index (κ2) is 6.75. The van der Waals surface area contributed by atoms with Gasteiger partial charge in [0.2, 0.25) is 0 Å². The Balaban J connectivity index is 2.08. The van der Waals surface area contributed by atoms with E-state index >= 15 is 0 Å². The predicted molar refractivity (Wildman–Crippen MR) is 77.9 cm³/mol. The topological polar surface area (TPSA) is 46.5 Å². The number of aryl methyl sites for hydroxylation is 2. The highest BCUT2D eigenvalue weighted by Crippen LogP contribution is 2.22. The monoisotopic (exact) mass is 270 g/mol. The fraction of sp³-hybridized carbons (Fsp3) is 0.235. The number of carbonyl (C=O) groups is 1. The van der Waals surface area contributed by atoms with E-state index in [1.807, 2.05) is 55.5 Å². The molecule has 0 aromatic heterocycles. The zero-order chi connectivity index (χ0) is 14.4. The first kappa shape index (κ1) is 14.1. The zero-order valence-electron chi connectivity index (χ0n) is 11.5. The first-order chi connectivity index (χ1) is 9.65. The van der Waals surface area contributed by atoms with Crippen molar-refractivity contribution in [2.75, 3.05) is 0 Å². The average molecular weight is 270 g/mol. The number of carboxylic acid groups (broad SMARTS) is 1. The second-order valence-corrected chi connectivity index (χ2v) is 4.78. The van der Waals surface area contributed by atoms with Crippen LogP contribution in [-0.2, 0) is 17.8 Å². The molecule has 20 heavy (non-hydrogen) atoms. The first-order valence-electron chi connectivity index (χ1n) is 6.63. The highest BCUT2D eigenvalue weighted by Gasteiger charge is 2.07. The van der Waals surface area contributed by atoms with E-state index in [0.717, 1.165) is 22.4 Å². The Labute approximate surface area is 118 Å². The summed E-state index contributed by atoms with van der Waals surface area (Å²) in [5, 5.41) is 8.80. The molecule has 0 spiro atoms. The Morgan fingerprint density at radius 2 is 1.90 bits per heavy atom. The van der Waals surface area contributed by atoms with Crippen molar-refractivity contribution in [2.45, 2.75) is 26.4 Å². The van der Waals surface area contributed by atoms with Gasteiger partial charge in [-0.3, -0.25) is 4.79 Å². The molecule has 104 valence electrons. The van der Waals surface area contributed by atoms with Crippen LogP contribution in [0.25, 0.3) is 0 Å². The Bertz CT molecular complexity index is 576. The van der Waals surface area contributed by atoms with Crippen LogP contribution >= 0.6 is 0 Å². The third kappa shape index (κ3) is 4.12. The van der Waals surface area contributed by atoms with E-state index in [1.54, 1.807) is 0 Å². The van der Waals surface area contributed by atoms with Gasteiger partial charge in [0, 0.05) is 6.42 Å². The highest BCUT2D eigenvalue weighted by atomic mass is 16.5. The summed E-state index contributed by atoms with van der Waals surface area (Å²) in [4.78, 5) is 10.7. The van der Waals surface area contributed by atoms with Crippen molar-refractivity contribution in [2.24, 2.45) is 0 Å². The zero-order valence-corrected chi connectivity index (χ0v) is 11.5. The molecular weight excluding hydrogens is 252 g/mol. The lowest BCUT2D eigenvalue weighted by atomic mass is 10.1. The maximum Gasteiger partial charge on any atom is 0.303 e. The fourth-order valence-electron chi connectivity index (χ4n) is 2.02. The molecule has 0 saturated heterocycles. The fourth-order valence-corrected chi connectivity index (χ4v) is 2.02. The molecule has 1 N–H and O–H groups in total. The Morgan fingerprint density at radius 3 is 2.60 bits per heavy atom. The molecule has 0 aliphatic carbocycles. The molecule has 0 unspecified atom stereocenters. The first-order valence-corrected chi connectivity index (χ1v) is 6.63. The van der Waals surface area contributed by atoms with Gasteiger partial charge in [-0.25, -0.2) is 0 Å². The van der Waals surface area contributed by atoms with Gasteiger partial charge in [-0.1, -0.05) is 48.0 Å². The Kier molecular flexibility index (Phi) is 4.77. The van der Waals surface area contributed by atoms with Gasteiger partial charge in [0.15, 0.2) is 0 Å². The number of aliphatic carboxylic acids is 1. The maximum atomic E-state index is 10.7. The third-order valence-electron chi connectivity index (χ3n) is 3.06. The van der Waals surface area contributed by atoms with Crippen LogP contribution in [0.3, 0.4) is 0 Å². The van der Waals surface area contributed by atoms with Crippen molar-refractivity contribution in [3.8, 4) is 5.75 Å². The molecule has 0 bridgehead atoms. The van der Waals surface area contributed by atoms with Crippen LogP contribution in [0.1, 0.15) is 23.1 Å². The van der Waals surface area contributed by atoms with Crippen LogP contribution < -0.4 is 4.74 Å². The average Bonchev–Trinajstić information content (AvgIpc) is 2.45. The standard InChI is InChI=1S/C17H18O3/c1-13-7-9-16(15(11-13)8-10-17(18)19)20-12-14-5-3-2-4-6-14/h2-7,9,11H,8,10,12H2,1H3,(H,18,19). The number of ether oxygens (including phenoxy) is 1. The molecule has 2 rings (SSSR count). The van der Waals surface area contributed by atoms with Crippen molar-refractivity contribution in [3.05, 3.63) is 65.2 Å². The molecule has 0 fully saturated rings. The van der Waals surface area contributed by atoms with Crippen molar-refractivity contribution in [3.63, 3.8) is 0 Å². The molecule has 2 aromatic rings. The minimum absolute atomic E-state index is 0.116. The maximum absolute atomic E-state index is 10.7. The molecule has 0 radical (unpaired) electrons. The van der Waals surface area contributed by atoms with Crippen molar-refractivity contribution < 1.29 is 14.6 Å². The number of rotatable bonds is 6. The van der Waals surface area contributed by atoms with E-state index in [2.05, 4.69) is 0 Å². The predicted octanol–water partition coefficient (Wildman–Crippen LogP) is 3.59. The van der Waals surface area contributed by atoms with E-state index < -0.39 is 5.97 Å². The smallest absolute Gasteiger partial charge is 0.303 e. The van der Waals surface area contributed by atoms with Gasteiger partial charge in [-0.2, -0.15) is 0 Å². The number of benzene rings is 2. The molecule has 0 atom stereocenters. The lowest BCUT2D eigenvalue weighted by Crippen LogP contribution is -2.02. The van der Waals surface area contributed by atoms with Gasteiger partial charge in [0.1, 0.15) is 12.4 Å². The van der Waals surface area contributed by atoms with Crippen LogP contribution in [-0.4, -0.2) is 11.1 Å². The van der Waals surface area contributed by atoms with E-state index in [1.165, 1.54) is 0 Å². The second-order valence-electron chi connectivity index (χ2n) is 4.78. The van der Waals surface area contributed by atoms with Crippen LogP contribution in [0.4, 0.5) is 0 Å². The summed E-state index contributed by atoms with van der Waals surface area (Å²) in [6.07, 6.45) is 0.603. The van der Waals surface area contributed by atoms with Crippen LogP contribution in [0.2, 0.25) is 0 Å². The molecule has 3 heteroatoms. The van der Waals surface area contributed by atoms with Crippen molar-refractivity contribution in [1.82, 2.24) is 0 Å². The minimum Gasteiger partial charge on any atom is -0.489 e. The van der Waals surface area contributed by atoms with Crippen molar-refractivity contribution in [1.29, 1.82) is 0 Å². The molecule has 0 heterocycles. The van der Waals surface area contributed by atoms with E-state index in [4.69, 9.17) is 9.84 Å². The largest absolute Gasteiger partial charge is 0.489 e. The SMILES string of the molecule is Cc1ccc(OCc2ccccc2)c(CCC(=O)O)c1. The lowest BCUT2D eigenvalue weighted by Gasteiger charge is -2.12. The molecule has 0 aliphatic heterocycles. The molecule has 2 aromatic carbocycles. The summed E-state index contributed by atoms with van der Waals surface area (Å²) < 4.78 is 5.82. The number of carboxylic acids is 1.